The van der Waals surface area contributed by atoms with Crippen LogP contribution in [0.5, 0.6) is 0 Å². The van der Waals surface area contributed by atoms with Crippen LogP contribution in [-0.4, -0.2) is 0 Å². The van der Waals surface area contributed by atoms with Crippen LogP contribution < -0.4 is 4.90 Å². The van der Waals surface area contributed by atoms with E-state index in [-0.39, 0.29) is 0 Å². The summed E-state index contributed by atoms with van der Waals surface area (Å²) in [5.74, 6) is 0. The van der Waals surface area contributed by atoms with Crippen LogP contribution in [0.1, 0.15) is 44.5 Å². The Morgan fingerprint density at radius 3 is 1.06 bits per heavy atom. The Bertz CT molecular complexity index is 3810. The lowest BCUT2D eigenvalue weighted by Gasteiger charge is -2.33. The molecule has 0 fully saturated rings. The summed E-state index contributed by atoms with van der Waals surface area (Å²) >= 11 is 0. The largest absolute Gasteiger partial charge is 0.310 e. The molecule has 0 aromatic heterocycles. The summed E-state index contributed by atoms with van der Waals surface area (Å²) in [7, 11) is 0. The molecule has 11 aromatic rings. The van der Waals surface area contributed by atoms with Gasteiger partial charge in [0.15, 0.2) is 0 Å². The average Bonchev–Trinajstić information content (AvgIpc) is 4.10. The molecule has 1 nitrogen and oxygen atoms in total. The first-order chi connectivity index (χ1) is 34.2. The number of hydrogen-bond donors (Lipinski definition) is 0. The van der Waals surface area contributed by atoms with Gasteiger partial charge >= 0.3 is 0 Å². The zero-order valence-corrected chi connectivity index (χ0v) is 37.8. The van der Waals surface area contributed by atoms with Crippen molar-refractivity contribution in [1.82, 2.24) is 0 Å². The molecule has 0 bridgehead atoms. The van der Waals surface area contributed by atoms with Gasteiger partial charge in [0.25, 0.3) is 0 Å². The lowest BCUT2D eigenvalue weighted by atomic mass is 9.70. The maximum atomic E-state index is 2.52. The van der Waals surface area contributed by atoms with Crippen LogP contribution in [0.25, 0.3) is 66.8 Å². The summed E-state index contributed by atoms with van der Waals surface area (Å²) < 4.78 is 0. The molecule has 11 aromatic carbocycles. The molecule has 0 heterocycles. The first-order valence-electron chi connectivity index (χ1n) is 24.2. The van der Waals surface area contributed by atoms with E-state index in [1.54, 1.807) is 0 Å². The standard InChI is InChI=1S/C68H43N/c1-3-18-44(19-4-1)46-22-17-23-48(40-46)69(50-35-38-56-55-28-11-16-33-63(55)67(66(56)43-50)59-29-12-7-24-51(59)52-25-8-13-30-60(52)67)49-36-39-64-58(42-49)57-37-34-47(45-20-5-2-6-21-45)41-65(57)68(64)61-31-14-9-26-53(61)54-27-10-15-32-62(54)68/h1-43H. The quantitative estimate of drug-likeness (QED) is 0.167. The molecule has 0 N–H and O–H groups in total. The zero-order chi connectivity index (χ0) is 45.3. The molecule has 4 aliphatic rings. The highest BCUT2D eigenvalue weighted by Crippen LogP contribution is 2.65. The second kappa shape index (κ2) is 14.4. The van der Waals surface area contributed by atoms with Gasteiger partial charge in [-0.05, 0) is 154 Å². The number of fused-ring (bicyclic) bond motifs is 20. The molecule has 69 heavy (non-hydrogen) atoms. The van der Waals surface area contributed by atoms with Gasteiger partial charge < -0.3 is 4.90 Å². The maximum absolute atomic E-state index is 2.52. The number of anilines is 3. The molecule has 0 saturated heterocycles. The monoisotopic (exact) mass is 873 g/mol. The van der Waals surface area contributed by atoms with Gasteiger partial charge in [0, 0.05) is 17.1 Å². The highest BCUT2D eigenvalue weighted by molar-refractivity contribution is 5.99. The second-order valence-corrected chi connectivity index (χ2v) is 19.1. The Kier molecular flexibility index (Phi) is 7.98. The Labute approximate surface area is 402 Å². The van der Waals surface area contributed by atoms with Crippen LogP contribution >= 0.6 is 0 Å². The third kappa shape index (κ3) is 5.09. The Hall–Kier alpha value is -8.78. The minimum Gasteiger partial charge on any atom is -0.310 e. The predicted molar refractivity (Wildman–Crippen MR) is 285 cm³/mol. The van der Waals surface area contributed by atoms with Gasteiger partial charge in [0.2, 0.25) is 0 Å². The minimum atomic E-state index is -0.478. The van der Waals surface area contributed by atoms with Crippen LogP contribution in [0.15, 0.2) is 261 Å². The van der Waals surface area contributed by atoms with Crippen molar-refractivity contribution in [2.24, 2.45) is 0 Å². The van der Waals surface area contributed by atoms with Gasteiger partial charge in [-0.2, -0.15) is 0 Å². The van der Waals surface area contributed by atoms with Crippen molar-refractivity contribution in [3.05, 3.63) is 305 Å². The summed E-state index contributed by atoms with van der Waals surface area (Å²) in [6.07, 6.45) is 0. The van der Waals surface area contributed by atoms with E-state index in [4.69, 9.17) is 0 Å². The highest BCUT2D eigenvalue weighted by Gasteiger charge is 2.53. The molecule has 0 unspecified atom stereocenters. The molecule has 0 radical (unpaired) electrons. The topological polar surface area (TPSA) is 3.24 Å². The van der Waals surface area contributed by atoms with Gasteiger partial charge in [-0.3, -0.25) is 0 Å². The smallest absolute Gasteiger partial charge is 0.0726 e. The van der Waals surface area contributed by atoms with Crippen LogP contribution in [0.4, 0.5) is 17.1 Å². The molecule has 15 rings (SSSR count). The van der Waals surface area contributed by atoms with Crippen molar-refractivity contribution < 1.29 is 0 Å². The normalized spacial score (nSPS) is 14.0. The number of rotatable bonds is 5. The fraction of sp³-hybridized carbons (Fsp3) is 0.0294. The average molecular weight is 874 g/mol. The van der Waals surface area contributed by atoms with Gasteiger partial charge in [-0.25, -0.2) is 0 Å². The molecule has 0 aliphatic heterocycles. The first-order valence-corrected chi connectivity index (χ1v) is 24.2. The third-order valence-corrected chi connectivity index (χ3v) is 15.9. The van der Waals surface area contributed by atoms with E-state index in [1.165, 1.54) is 111 Å². The van der Waals surface area contributed by atoms with Crippen molar-refractivity contribution in [3.8, 4) is 66.8 Å². The third-order valence-electron chi connectivity index (χ3n) is 15.9. The Balaban J connectivity index is 0.995. The zero-order valence-electron chi connectivity index (χ0n) is 37.8. The highest BCUT2D eigenvalue weighted by atomic mass is 15.1. The van der Waals surface area contributed by atoms with E-state index in [9.17, 15) is 0 Å². The van der Waals surface area contributed by atoms with Crippen LogP contribution in [0.2, 0.25) is 0 Å². The molecular weight excluding hydrogens is 831 g/mol. The van der Waals surface area contributed by atoms with Gasteiger partial charge in [-0.1, -0.05) is 218 Å². The van der Waals surface area contributed by atoms with Crippen molar-refractivity contribution >= 4 is 17.1 Å². The summed E-state index contributed by atoms with van der Waals surface area (Å²) in [6.45, 7) is 0. The summed E-state index contributed by atoms with van der Waals surface area (Å²) in [4.78, 5) is 2.51. The van der Waals surface area contributed by atoms with Gasteiger partial charge in [0.1, 0.15) is 0 Å². The molecule has 4 aliphatic carbocycles. The number of nitrogens with zero attached hydrogens (tertiary/aromatic N) is 1. The Morgan fingerprint density at radius 2 is 0.536 bits per heavy atom. The summed E-state index contributed by atoms with van der Waals surface area (Å²) in [5, 5.41) is 0. The Morgan fingerprint density at radius 1 is 0.188 bits per heavy atom. The van der Waals surface area contributed by atoms with Crippen molar-refractivity contribution in [2.75, 3.05) is 4.90 Å². The molecular formula is C68H43N. The van der Waals surface area contributed by atoms with E-state index in [1.807, 2.05) is 0 Å². The van der Waals surface area contributed by atoms with Crippen molar-refractivity contribution in [3.63, 3.8) is 0 Å². The summed E-state index contributed by atoms with van der Waals surface area (Å²) in [5.41, 5.74) is 28.3. The van der Waals surface area contributed by atoms with Gasteiger partial charge in [0.05, 0.1) is 10.8 Å². The molecule has 2 spiro atoms. The van der Waals surface area contributed by atoms with E-state index < -0.39 is 10.8 Å². The predicted octanol–water partition coefficient (Wildman–Crippen LogP) is 17.2. The molecule has 0 atom stereocenters. The van der Waals surface area contributed by atoms with Gasteiger partial charge in [-0.15, -0.1) is 0 Å². The van der Waals surface area contributed by atoms with Crippen LogP contribution in [-0.2, 0) is 10.8 Å². The van der Waals surface area contributed by atoms with Crippen molar-refractivity contribution in [2.45, 2.75) is 10.8 Å². The molecule has 0 amide bonds. The lowest BCUT2D eigenvalue weighted by Crippen LogP contribution is -2.26. The molecule has 1 heteroatoms. The van der Waals surface area contributed by atoms with E-state index in [0.29, 0.717) is 0 Å². The maximum Gasteiger partial charge on any atom is 0.0726 e. The SMILES string of the molecule is c1ccc(-c2cccc(N(c3ccc4c(c3)-c3ccc(-c5ccccc5)cc3C43c4ccccc4-c4ccccc43)c3ccc4c(c3)C3(c5ccccc5-c5ccccc53)c3ccccc3-4)c2)cc1. The number of hydrogen-bond acceptors (Lipinski definition) is 1. The van der Waals surface area contributed by atoms with Crippen LogP contribution in [0.3, 0.4) is 0 Å². The van der Waals surface area contributed by atoms with Crippen molar-refractivity contribution in [1.29, 1.82) is 0 Å². The first kappa shape index (κ1) is 38.3. The fourth-order valence-corrected chi connectivity index (χ4v) is 13.2. The summed E-state index contributed by atoms with van der Waals surface area (Å²) in [6, 6.07) is 98.0. The fourth-order valence-electron chi connectivity index (χ4n) is 13.2. The van der Waals surface area contributed by atoms with Crippen LogP contribution in [0, 0.1) is 0 Å². The minimum absolute atomic E-state index is 0.463. The van der Waals surface area contributed by atoms with E-state index in [2.05, 4.69) is 266 Å². The number of benzene rings is 11. The van der Waals surface area contributed by atoms with E-state index in [0.717, 1.165) is 17.1 Å². The van der Waals surface area contributed by atoms with E-state index >= 15 is 0 Å². The second-order valence-electron chi connectivity index (χ2n) is 19.1. The molecule has 320 valence electrons. The lowest BCUT2D eigenvalue weighted by molar-refractivity contribution is 0.793. The molecule has 0 saturated carbocycles.